The van der Waals surface area contributed by atoms with E-state index in [0.29, 0.717) is 12.1 Å². The van der Waals surface area contributed by atoms with Gasteiger partial charge in [0.2, 0.25) is 0 Å². The Morgan fingerprint density at radius 1 is 1.09 bits per heavy atom. The fourth-order valence-corrected chi connectivity index (χ4v) is 1.67. The van der Waals surface area contributed by atoms with Gasteiger partial charge >= 0.3 is 11.9 Å². The molecule has 1 N–H and O–H groups in total. The molecule has 2 aromatic rings. The van der Waals surface area contributed by atoms with Gasteiger partial charge in [-0.3, -0.25) is 4.79 Å². The van der Waals surface area contributed by atoms with E-state index in [1.165, 1.54) is 11.1 Å². The number of nitrogens with one attached hydrogen (secondary N) is 1. The molecule has 0 spiro atoms. The van der Waals surface area contributed by atoms with Crippen LogP contribution < -0.4 is 11.2 Å². The number of alkyl halides is 3. The molecule has 0 aliphatic carbocycles. The molecule has 0 amide bonds. The summed E-state index contributed by atoms with van der Waals surface area (Å²) in [6.07, 6.45) is -4.98. The Kier molecular flexibility index (Phi) is 3.58. The van der Waals surface area contributed by atoms with Gasteiger partial charge in [-0.05, 0) is 6.07 Å². The molecule has 1 aromatic carbocycles. The van der Waals surface area contributed by atoms with Gasteiger partial charge in [-0.1, -0.05) is 0 Å². The highest BCUT2D eigenvalue weighted by atomic mass is 19.4. The van der Waals surface area contributed by atoms with Crippen LogP contribution in [0.25, 0.3) is 5.69 Å². The van der Waals surface area contributed by atoms with Crippen molar-refractivity contribution >= 4 is 0 Å². The quantitative estimate of drug-likeness (QED) is 0.813. The van der Waals surface area contributed by atoms with Crippen LogP contribution in [-0.4, -0.2) is 9.55 Å². The summed E-state index contributed by atoms with van der Waals surface area (Å²) in [6, 6.07) is 2.17. The second-order valence-corrected chi connectivity index (χ2v) is 4.05. The SMILES string of the molecule is N#Cc1cc(F)c(-n2c(=O)cc(C(F)(F)F)[nH]c2=O)cc1F. The lowest BCUT2D eigenvalue weighted by molar-refractivity contribution is -0.141. The highest BCUT2D eigenvalue weighted by Crippen LogP contribution is 2.25. The van der Waals surface area contributed by atoms with Crippen LogP contribution in [0.5, 0.6) is 0 Å². The van der Waals surface area contributed by atoms with Crippen LogP contribution in [0, 0.1) is 23.0 Å². The van der Waals surface area contributed by atoms with Gasteiger partial charge in [0, 0.05) is 12.1 Å². The van der Waals surface area contributed by atoms with Crippen LogP contribution in [0.3, 0.4) is 0 Å². The molecular formula is C12H4F5N3O2. The minimum atomic E-state index is -4.98. The van der Waals surface area contributed by atoms with Crippen LogP contribution in [-0.2, 0) is 6.18 Å². The van der Waals surface area contributed by atoms with Gasteiger partial charge in [0.15, 0.2) is 0 Å². The van der Waals surface area contributed by atoms with Crippen molar-refractivity contribution in [2.45, 2.75) is 6.18 Å². The summed E-state index contributed by atoms with van der Waals surface area (Å²) in [5.41, 5.74) is -6.30. The summed E-state index contributed by atoms with van der Waals surface area (Å²) in [6.45, 7) is 0. The van der Waals surface area contributed by atoms with Gasteiger partial charge in [-0.2, -0.15) is 18.4 Å². The van der Waals surface area contributed by atoms with Crippen molar-refractivity contribution in [2.75, 3.05) is 0 Å². The number of aromatic nitrogens is 2. The monoisotopic (exact) mass is 317 g/mol. The number of nitrogens with zero attached hydrogens (tertiary/aromatic N) is 2. The van der Waals surface area contributed by atoms with Crippen LogP contribution in [0.15, 0.2) is 27.8 Å². The first kappa shape index (κ1) is 15.4. The first-order valence-corrected chi connectivity index (χ1v) is 5.48. The highest BCUT2D eigenvalue weighted by Gasteiger charge is 2.33. The molecule has 1 aromatic heterocycles. The lowest BCUT2D eigenvalue weighted by Crippen LogP contribution is -2.36. The highest BCUT2D eigenvalue weighted by molar-refractivity contribution is 5.42. The molecule has 2 rings (SSSR count). The van der Waals surface area contributed by atoms with Crippen LogP contribution in [0.1, 0.15) is 11.3 Å². The van der Waals surface area contributed by atoms with E-state index >= 15 is 0 Å². The first-order valence-electron chi connectivity index (χ1n) is 5.48. The van der Waals surface area contributed by atoms with Gasteiger partial charge in [0.05, 0.1) is 11.3 Å². The molecule has 10 heteroatoms. The predicted molar refractivity (Wildman–Crippen MR) is 62.3 cm³/mol. The number of aromatic amines is 1. The van der Waals surface area contributed by atoms with Crippen molar-refractivity contribution in [3.8, 4) is 11.8 Å². The first-order chi connectivity index (χ1) is 10.1. The Bertz CT molecular complexity index is 874. The second kappa shape index (κ2) is 5.10. The van der Waals surface area contributed by atoms with Crippen molar-refractivity contribution < 1.29 is 22.0 Å². The fraction of sp³-hybridized carbons (Fsp3) is 0.0833. The maximum absolute atomic E-state index is 13.7. The lowest BCUT2D eigenvalue weighted by Gasteiger charge is -2.10. The maximum atomic E-state index is 13.7. The van der Waals surface area contributed by atoms with Crippen molar-refractivity contribution in [1.29, 1.82) is 5.26 Å². The van der Waals surface area contributed by atoms with E-state index in [2.05, 4.69) is 0 Å². The molecule has 0 fully saturated rings. The van der Waals surface area contributed by atoms with E-state index in [-0.39, 0.29) is 10.6 Å². The molecule has 0 aliphatic heterocycles. The normalized spacial score (nSPS) is 11.3. The van der Waals surface area contributed by atoms with E-state index in [9.17, 15) is 31.5 Å². The van der Waals surface area contributed by atoms with Crippen molar-refractivity contribution in [1.82, 2.24) is 9.55 Å². The van der Waals surface area contributed by atoms with Crippen LogP contribution in [0.2, 0.25) is 0 Å². The molecule has 0 aliphatic rings. The summed E-state index contributed by atoms with van der Waals surface area (Å²) < 4.78 is 64.5. The van der Waals surface area contributed by atoms with Crippen molar-refractivity contribution in [3.05, 3.63) is 61.9 Å². The molecule has 0 unspecified atom stereocenters. The third-order valence-corrected chi connectivity index (χ3v) is 2.64. The lowest BCUT2D eigenvalue weighted by atomic mass is 10.2. The molecule has 0 saturated heterocycles. The Hall–Kier alpha value is -2.96. The molecule has 22 heavy (non-hydrogen) atoms. The molecule has 0 bridgehead atoms. The van der Waals surface area contributed by atoms with Crippen LogP contribution in [0.4, 0.5) is 22.0 Å². The Morgan fingerprint density at radius 3 is 2.23 bits per heavy atom. The third kappa shape index (κ3) is 2.60. The second-order valence-electron chi connectivity index (χ2n) is 4.05. The molecule has 1 heterocycles. The Morgan fingerprint density at radius 2 is 1.73 bits per heavy atom. The number of rotatable bonds is 1. The Labute approximate surface area is 117 Å². The zero-order valence-corrected chi connectivity index (χ0v) is 10.3. The number of hydrogen-bond donors (Lipinski definition) is 1. The molecule has 0 atom stereocenters. The fourth-order valence-electron chi connectivity index (χ4n) is 1.67. The number of hydrogen-bond acceptors (Lipinski definition) is 3. The molecule has 0 radical (unpaired) electrons. The van der Waals surface area contributed by atoms with E-state index in [1.807, 2.05) is 0 Å². The number of nitriles is 1. The topological polar surface area (TPSA) is 78.7 Å². The summed E-state index contributed by atoms with van der Waals surface area (Å²) in [7, 11) is 0. The van der Waals surface area contributed by atoms with Crippen LogP contribution >= 0.6 is 0 Å². The van der Waals surface area contributed by atoms with Gasteiger partial charge in [0.1, 0.15) is 23.4 Å². The zero-order valence-electron chi connectivity index (χ0n) is 10.3. The van der Waals surface area contributed by atoms with E-state index < -0.39 is 46.0 Å². The van der Waals surface area contributed by atoms with Gasteiger partial charge < -0.3 is 4.98 Å². The van der Waals surface area contributed by atoms with Gasteiger partial charge in [0.25, 0.3) is 5.56 Å². The average Bonchev–Trinajstić information content (AvgIpc) is 2.40. The van der Waals surface area contributed by atoms with E-state index in [4.69, 9.17) is 5.26 Å². The van der Waals surface area contributed by atoms with E-state index in [1.54, 1.807) is 0 Å². The maximum Gasteiger partial charge on any atom is 0.431 e. The van der Waals surface area contributed by atoms with Crippen molar-refractivity contribution in [2.24, 2.45) is 0 Å². The minimum Gasteiger partial charge on any atom is -0.303 e. The van der Waals surface area contributed by atoms with Gasteiger partial charge in [-0.15, -0.1) is 0 Å². The van der Waals surface area contributed by atoms with E-state index in [0.717, 1.165) is 0 Å². The predicted octanol–water partition coefficient (Wildman–Crippen LogP) is 1.69. The zero-order chi connectivity index (χ0) is 16.7. The molecule has 0 saturated carbocycles. The third-order valence-electron chi connectivity index (χ3n) is 2.64. The largest absolute Gasteiger partial charge is 0.431 e. The molecule has 5 nitrogen and oxygen atoms in total. The minimum absolute atomic E-state index is 0.00515. The van der Waals surface area contributed by atoms with Crippen molar-refractivity contribution in [3.63, 3.8) is 0 Å². The number of halogens is 5. The summed E-state index contributed by atoms with van der Waals surface area (Å²) in [4.78, 5) is 24.6. The number of benzene rings is 1. The number of H-pyrrole nitrogens is 1. The molecule has 114 valence electrons. The summed E-state index contributed by atoms with van der Waals surface area (Å²) in [5.74, 6) is -2.55. The molecular weight excluding hydrogens is 313 g/mol. The average molecular weight is 317 g/mol. The standard InChI is InChI=1S/C12H4F5N3O2/c13-6-2-8(7(14)1-5(6)4-18)20-10(21)3-9(12(15,16)17)19-11(20)22/h1-3H,(H,19,22). The smallest absolute Gasteiger partial charge is 0.303 e. The summed E-state index contributed by atoms with van der Waals surface area (Å²) >= 11 is 0. The summed E-state index contributed by atoms with van der Waals surface area (Å²) in [5, 5.41) is 8.52. The van der Waals surface area contributed by atoms with Gasteiger partial charge in [-0.25, -0.2) is 18.1 Å². The Balaban J connectivity index is 2.76.